The molecule has 3 aromatic carbocycles. The fraction of sp³-hybridized carbons (Fsp3) is 0.375. The number of sulfonamides is 1. The third-order valence-corrected chi connectivity index (χ3v) is 10.2. The number of halogens is 3. The van der Waals surface area contributed by atoms with Crippen molar-refractivity contribution >= 4 is 50.7 Å². The number of hydrogen-bond acceptors (Lipinski definition) is 4. The van der Waals surface area contributed by atoms with Gasteiger partial charge in [-0.1, -0.05) is 85.3 Å². The third kappa shape index (κ3) is 7.88. The van der Waals surface area contributed by atoms with Crippen molar-refractivity contribution in [1.29, 1.82) is 0 Å². The highest BCUT2D eigenvalue weighted by Crippen LogP contribution is 2.30. The molecule has 0 aliphatic heterocycles. The topological polar surface area (TPSA) is 86.8 Å². The van der Waals surface area contributed by atoms with Crippen molar-refractivity contribution in [3.05, 3.63) is 93.7 Å². The molecule has 1 N–H and O–H groups in total. The molecule has 0 radical (unpaired) electrons. The minimum Gasteiger partial charge on any atom is -0.352 e. The Morgan fingerprint density at radius 1 is 0.953 bits per heavy atom. The normalized spacial score (nSPS) is 14.6. The van der Waals surface area contributed by atoms with Gasteiger partial charge in [-0.2, -0.15) is 0 Å². The first kappa shape index (κ1) is 32.8. The summed E-state index contributed by atoms with van der Waals surface area (Å²) in [5.41, 5.74) is 0.971. The minimum atomic E-state index is -4.39. The summed E-state index contributed by atoms with van der Waals surface area (Å²) in [5.74, 6) is -1.86. The second-order valence-corrected chi connectivity index (χ2v) is 13.4. The van der Waals surface area contributed by atoms with Crippen LogP contribution in [0.25, 0.3) is 0 Å². The number of benzene rings is 3. The molecule has 1 fully saturated rings. The summed E-state index contributed by atoms with van der Waals surface area (Å²) in [6, 6.07) is 15.4. The van der Waals surface area contributed by atoms with Gasteiger partial charge in [0.2, 0.25) is 11.8 Å². The average Bonchev–Trinajstić information content (AvgIpc) is 2.98. The highest BCUT2D eigenvalue weighted by Gasteiger charge is 2.35. The molecule has 11 heteroatoms. The lowest BCUT2D eigenvalue weighted by Crippen LogP contribution is -2.54. The lowest BCUT2D eigenvalue weighted by Gasteiger charge is -2.34. The predicted molar refractivity (Wildman–Crippen MR) is 168 cm³/mol. The largest absolute Gasteiger partial charge is 0.352 e. The summed E-state index contributed by atoms with van der Waals surface area (Å²) < 4.78 is 43.7. The maximum Gasteiger partial charge on any atom is 0.264 e. The molecule has 0 heterocycles. The fourth-order valence-electron chi connectivity index (χ4n) is 5.32. The summed E-state index contributed by atoms with van der Waals surface area (Å²) in [5, 5.41) is 3.68. The van der Waals surface area contributed by atoms with Gasteiger partial charge in [0.25, 0.3) is 10.0 Å². The van der Waals surface area contributed by atoms with E-state index >= 15 is 4.39 Å². The van der Waals surface area contributed by atoms with E-state index in [2.05, 4.69) is 5.32 Å². The highest BCUT2D eigenvalue weighted by molar-refractivity contribution is 7.92. The minimum absolute atomic E-state index is 0.00650. The van der Waals surface area contributed by atoms with Crippen LogP contribution in [0.3, 0.4) is 0 Å². The molecule has 2 amide bonds. The van der Waals surface area contributed by atoms with E-state index < -0.39 is 34.3 Å². The van der Waals surface area contributed by atoms with Gasteiger partial charge in [-0.15, -0.1) is 0 Å². The first-order valence-corrected chi connectivity index (χ1v) is 16.6. The van der Waals surface area contributed by atoms with Gasteiger partial charge in [-0.25, -0.2) is 12.8 Å². The Bertz CT molecular complexity index is 1530. The monoisotopic (exact) mass is 647 g/mol. The number of aryl methyl sites for hydroxylation is 1. The molecule has 7 nitrogen and oxygen atoms in total. The Hall–Kier alpha value is -3.14. The maximum absolute atomic E-state index is 15.1. The SMILES string of the molecule is CCC(C(=O)NC1CCCCC1)N(Cc1c(Cl)cccc1Cl)C(=O)CN(c1ccccc1F)S(=O)(=O)c1ccc(C)cc1. The van der Waals surface area contributed by atoms with Gasteiger partial charge in [-0.05, 0) is 62.6 Å². The van der Waals surface area contributed by atoms with Crippen LogP contribution in [-0.2, 0) is 26.2 Å². The van der Waals surface area contributed by atoms with Crippen LogP contribution in [0.4, 0.5) is 10.1 Å². The molecular formula is C32H36Cl2FN3O4S. The first-order chi connectivity index (χ1) is 20.5. The Balaban J connectivity index is 1.75. The molecule has 4 rings (SSSR count). The van der Waals surface area contributed by atoms with Crippen molar-refractivity contribution in [2.45, 2.75) is 75.9 Å². The summed E-state index contributed by atoms with van der Waals surface area (Å²) in [7, 11) is -4.39. The number of anilines is 1. The van der Waals surface area contributed by atoms with Gasteiger partial charge in [0.05, 0.1) is 10.6 Å². The Labute approximate surface area is 263 Å². The number of nitrogens with zero attached hydrogens (tertiary/aromatic N) is 2. The van der Waals surface area contributed by atoms with Crippen LogP contribution in [0, 0.1) is 12.7 Å². The molecule has 43 heavy (non-hydrogen) atoms. The quantitative estimate of drug-likeness (QED) is 0.245. The van der Waals surface area contributed by atoms with Crippen molar-refractivity contribution < 1.29 is 22.4 Å². The Morgan fingerprint density at radius 2 is 1.58 bits per heavy atom. The van der Waals surface area contributed by atoms with E-state index in [1.165, 1.54) is 35.2 Å². The van der Waals surface area contributed by atoms with Crippen molar-refractivity contribution in [2.75, 3.05) is 10.8 Å². The summed E-state index contributed by atoms with van der Waals surface area (Å²) in [6.45, 7) is 2.68. The Kier molecular flexibility index (Phi) is 11.1. The zero-order chi connectivity index (χ0) is 31.1. The lowest BCUT2D eigenvalue weighted by molar-refractivity contribution is -0.140. The molecule has 1 unspecified atom stereocenters. The molecule has 230 valence electrons. The molecule has 1 saturated carbocycles. The molecule has 1 aliphatic rings. The van der Waals surface area contributed by atoms with E-state index in [4.69, 9.17) is 23.2 Å². The number of rotatable bonds is 11. The van der Waals surface area contributed by atoms with Gasteiger partial charge in [0.15, 0.2) is 0 Å². The van der Waals surface area contributed by atoms with Gasteiger partial charge in [0.1, 0.15) is 18.4 Å². The van der Waals surface area contributed by atoms with Crippen molar-refractivity contribution in [3.63, 3.8) is 0 Å². The van der Waals surface area contributed by atoms with Gasteiger partial charge in [-0.3, -0.25) is 13.9 Å². The molecule has 0 aromatic heterocycles. The van der Waals surface area contributed by atoms with Crippen LogP contribution in [0.5, 0.6) is 0 Å². The van der Waals surface area contributed by atoms with Crippen LogP contribution in [0.2, 0.25) is 10.0 Å². The second-order valence-electron chi connectivity index (χ2n) is 10.8. The Morgan fingerprint density at radius 3 is 2.19 bits per heavy atom. The van der Waals surface area contributed by atoms with Gasteiger partial charge >= 0.3 is 0 Å². The average molecular weight is 649 g/mol. The molecule has 1 atom stereocenters. The van der Waals surface area contributed by atoms with Crippen LogP contribution < -0.4 is 9.62 Å². The van der Waals surface area contributed by atoms with Crippen LogP contribution in [-0.4, -0.2) is 43.8 Å². The van der Waals surface area contributed by atoms with Crippen LogP contribution >= 0.6 is 23.2 Å². The number of nitrogens with one attached hydrogen (secondary N) is 1. The van der Waals surface area contributed by atoms with E-state index in [0.717, 1.165) is 48.0 Å². The number of hydrogen-bond donors (Lipinski definition) is 1. The summed E-state index contributed by atoms with van der Waals surface area (Å²) >= 11 is 12.9. The predicted octanol–water partition coefficient (Wildman–Crippen LogP) is 6.89. The maximum atomic E-state index is 15.1. The van der Waals surface area contributed by atoms with Crippen LogP contribution in [0.15, 0.2) is 71.6 Å². The second kappa shape index (κ2) is 14.6. The van der Waals surface area contributed by atoms with Gasteiger partial charge in [0, 0.05) is 28.2 Å². The fourth-order valence-corrected chi connectivity index (χ4v) is 7.26. The summed E-state index contributed by atoms with van der Waals surface area (Å²) in [6.07, 6.45) is 5.07. The van der Waals surface area contributed by atoms with Crippen molar-refractivity contribution in [1.82, 2.24) is 10.2 Å². The zero-order valence-electron chi connectivity index (χ0n) is 24.2. The van der Waals surface area contributed by atoms with Crippen molar-refractivity contribution in [3.8, 4) is 0 Å². The highest BCUT2D eigenvalue weighted by atomic mass is 35.5. The molecular weight excluding hydrogens is 612 g/mol. The molecule has 1 aliphatic carbocycles. The molecule has 0 spiro atoms. The molecule has 0 saturated heterocycles. The van der Waals surface area contributed by atoms with E-state index in [1.54, 1.807) is 37.3 Å². The summed E-state index contributed by atoms with van der Waals surface area (Å²) in [4.78, 5) is 29.1. The zero-order valence-corrected chi connectivity index (χ0v) is 26.6. The lowest BCUT2D eigenvalue weighted by atomic mass is 9.95. The smallest absolute Gasteiger partial charge is 0.264 e. The number of amides is 2. The third-order valence-electron chi connectivity index (χ3n) is 7.74. The molecule has 3 aromatic rings. The van der Waals surface area contributed by atoms with E-state index in [0.29, 0.717) is 15.6 Å². The first-order valence-electron chi connectivity index (χ1n) is 14.4. The van der Waals surface area contributed by atoms with E-state index in [9.17, 15) is 18.0 Å². The standard InChI is InChI=1S/C32H36Cl2FN3O4S/c1-3-29(32(40)36-23-10-5-4-6-11-23)37(20-25-26(33)12-9-13-27(25)34)31(39)21-38(30-15-8-7-14-28(30)35)43(41,42)24-18-16-22(2)17-19-24/h7-9,12-19,23,29H,3-6,10-11,20-21H2,1-2H3,(H,36,40). The van der Waals surface area contributed by atoms with Crippen molar-refractivity contribution in [2.24, 2.45) is 0 Å². The van der Waals surface area contributed by atoms with Gasteiger partial charge < -0.3 is 10.2 Å². The number of para-hydroxylation sites is 1. The van der Waals surface area contributed by atoms with E-state index in [1.807, 2.05) is 6.92 Å². The van der Waals surface area contributed by atoms with E-state index in [-0.39, 0.29) is 35.5 Å². The van der Waals surface area contributed by atoms with Crippen LogP contribution in [0.1, 0.15) is 56.6 Å². The number of carbonyl (C=O) groups is 2. The number of carbonyl (C=O) groups excluding carboxylic acids is 2. The molecule has 0 bridgehead atoms.